The molecule has 0 aliphatic rings. The highest BCUT2D eigenvalue weighted by atomic mass is 32.2. The number of H-pyrrole nitrogens is 1. The van der Waals surface area contributed by atoms with E-state index in [1.54, 1.807) is 25.2 Å². The van der Waals surface area contributed by atoms with Crippen LogP contribution in [0.2, 0.25) is 0 Å². The number of sulfonamides is 1. The SMILES string of the molecule is Cc1n[nH]c(C)c1S(=O)(=O)NC(C)c1ccsc1. The summed E-state index contributed by atoms with van der Waals surface area (Å²) in [6.45, 7) is 5.20. The summed E-state index contributed by atoms with van der Waals surface area (Å²) in [6, 6.07) is 1.65. The molecule has 0 aromatic carbocycles. The van der Waals surface area contributed by atoms with E-state index in [0.717, 1.165) is 5.56 Å². The molecule has 0 spiro atoms. The Morgan fingerprint density at radius 1 is 1.44 bits per heavy atom. The lowest BCUT2D eigenvalue weighted by atomic mass is 10.2. The second-order valence-electron chi connectivity index (χ2n) is 4.16. The molecule has 0 saturated carbocycles. The summed E-state index contributed by atoms with van der Waals surface area (Å²) in [6.07, 6.45) is 0. The third kappa shape index (κ3) is 2.47. The highest BCUT2D eigenvalue weighted by Crippen LogP contribution is 2.21. The first-order chi connectivity index (χ1) is 8.42. The second-order valence-corrected chi connectivity index (χ2v) is 6.59. The zero-order chi connectivity index (χ0) is 13.3. The lowest BCUT2D eigenvalue weighted by molar-refractivity contribution is 0.566. The minimum Gasteiger partial charge on any atom is -0.281 e. The number of aromatic amines is 1. The summed E-state index contributed by atoms with van der Waals surface area (Å²) in [5.74, 6) is 0. The number of nitrogens with one attached hydrogen (secondary N) is 2. The van der Waals surface area contributed by atoms with Crippen LogP contribution in [-0.4, -0.2) is 18.6 Å². The highest BCUT2D eigenvalue weighted by molar-refractivity contribution is 7.89. The molecule has 98 valence electrons. The van der Waals surface area contributed by atoms with Crippen molar-refractivity contribution in [2.24, 2.45) is 0 Å². The number of aryl methyl sites for hydroxylation is 2. The average Bonchev–Trinajstić information content (AvgIpc) is 2.87. The van der Waals surface area contributed by atoms with E-state index in [0.29, 0.717) is 11.4 Å². The third-order valence-electron chi connectivity index (χ3n) is 2.70. The van der Waals surface area contributed by atoms with Crippen molar-refractivity contribution < 1.29 is 8.42 Å². The van der Waals surface area contributed by atoms with Crippen molar-refractivity contribution in [2.75, 3.05) is 0 Å². The Morgan fingerprint density at radius 3 is 2.67 bits per heavy atom. The molecule has 2 aromatic rings. The molecule has 1 unspecified atom stereocenters. The van der Waals surface area contributed by atoms with Crippen molar-refractivity contribution in [1.82, 2.24) is 14.9 Å². The lowest BCUT2D eigenvalue weighted by Crippen LogP contribution is -2.27. The van der Waals surface area contributed by atoms with Gasteiger partial charge >= 0.3 is 0 Å². The van der Waals surface area contributed by atoms with Gasteiger partial charge in [-0.05, 0) is 43.2 Å². The van der Waals surface area contributed by atoms with Crippen molar-refractivity contribution in [3.8, 4) is 0 Å². The van der Waals surface area contributed by atoms with Crippen molar-refractivity contribution >= 4 is 21.4 Å². The Hall–Kier alpha value is -1.18. The molecule has 2 aromatic heterocycles. The van der Waals surface area contributed by atoms with Gasteiger partial charge in [0.1, 0.15) is 4.90 Å². The summed E-state index contributed by atoms with van der Waals surface area (Å²) in [5, 5.41) is 10.5. The molecule has 5 nitrogen and oxygen atoms in total. The molecular formula is C11H15N3O2S2. The highest BCUT2D eigenvalue weighted by Gasteiger charge is 2.24. The third-order valence-corrected chi connectivity index (χ3v) is 5.21. The van der Waals surface area contributed by atoms with Gasteiger partial charge in [-0.1, -0.05) is 0 Å². The van der Waals surface area contributed by atoms with Crippen LogP contribution in [0.1, 0.15) is 29.9 Å². The molecule has 2 heterocycles. The predicted molar refractivity (Wildman–Crippen MR) is 71.1 cm³/mol. The number of aromatic nitrogens is 2. The van der Waals surface area contributed by atoms with Gasteiger partial charge in [0.05, 0.1) is 11.4 Å². The van der Waals surface area contributed by atoms with Crippen molar-refractivity contribution in [2.45, 2.75) is 31.7 Å². The first-order valence-electron chi connectivity index (χ1n) is 5.48. The lowest BCUT2D eigenvalue weighted by Gasteiger charge is -2.13. The number of nitrogens with zero attached hydrogens (tertiary/aromatic N) is 1. The van der Waals surface area contributed by atoms with Crippen LogP contribution in [-0.2, 0) is 10.0 Å². The summed E-state index contributed by atoms with van der Waals surface area (Å²) < 4.78 is 27.2. The molecule has 0 saturated heterocycles. The standard InChI is InChI=1S/C11H15N3O2S2/c1-7(10-4-5-17-6-10)14-18(15,16)11-8(2)12-13-9(11)3/h4-7,14H,1-3H3,(H,12,13). The summed E-state index contributed by atoms with van der Waals surface area (Å²) in [7, 11) is -3.54. The van der Waals surface area contributed by atoms with E-state index in [9.17, 15) is 8.42 Å². The van der Waals surface area contributed by atoms with E-state index in [1.165, 1.54) is 0 Å². The van der Waals surface area contributed by atoms with Crippen LogP contribution in [0.3, 0.4) is 0 Å². The molecule has 7 heteroatoms. The summed E-state index contributed by atoms with van der Waals surface area (Å²) in [4.78, 5) is 0.240. The van der Waals surface area contributed by atoms with Crippen molar-refractivity contribution in [3.05, 3.63) is 33.8 Å². The molecule has 0 radical (unpaired) electrons. The fraction of sp³-hybridized carbons (Fsp3) is 0.364. The number of rotatable bonds is 4. The van der Waals surface area contributed by atoms with Gasteiger partial charge in [0.2, 0.25) is 10.0 Å². The Morgan fingerprint density at radius 2 is 2.17 bits per heavy atom. The van der Waals surface area contributed by atoms with Gasteiger partial charge in [0, 0.05) is 6.04 Å². The van der Waals surface area contributed by atoms with E-state index < -0.39 is 10.0 Å². The van der Waals surface area contributed by atoms with Gasteiger partial charge in [-0.2, -0.15) is 16.4 Å². The van der Waals surface area contributed by atoms with Gasteiger partial charge in [-0.15, -0.1) is 0 Å². The average molecular weight is 285 g/mol. The van der Waals surface area contributed by atoms with Crippen LogP contribution in [0.25, 0.3) is 0 Å². The van der Waals surface area contributed by atoms with Crippen LogP contribution in [0.15, 0.2) is 21.7 Å². The molecule has 0 fully saturated rings. The minimum atomic E-state index is -3.54. The van der Waals surface area contributed by atoms with Crippen molar-refractivity contribution in [3.63, 3.8) is 0 Å². The number of hydrogen-bond donors (Lipinski definition) is 2. The molecule has 0 aliphatic heterocycles. The maximum Gasteiger partial charge on any atom is 0.244 e. The van der Waals surface area contributed by atoms with E-state index in [4.69, 9.17) is 0 Å². The van der Waals surface area contributed by atoms with Crippen LogP contribution < -0.4 is 4.72 Å². The fourth-order valence-electron chi connectivity index (χ4n) is 1.82. The summed E-state index contributed by atoms with van der Waals surface area (Å²) in [5.41, 5.74) is 2.00. The summed E-state index contributed by atoms with van der Waals surface area (Å²) >= 11 is 1.54. The van der Waals surface area contributed by atoms with Gasteiger partial charge in [0.25, 0.3) is 0 Å². The van der Waals surface area contributed by atoms with E-state index >= 15 is 0 Å². The van der Waals surface area contributed by atoms with E-state index in [2.05, 4.69) is 14.9 Å². The quantitative estimate of drug-likeness (QED) is 0.903. The normalized spacial score (nSPS) is 13.7. The molecule has 2 rings (SSSR count). The van der Waals surface area contributed by atoms with Gasteiger partial charge in [-0.3, -0.25) is 5.10 Å². The van der Waals surface area contributed by atoms with E-state index in [-0.39, 0.29) is 10.9 Å². The topological polar surface area (TPSA) is 74.8 Å². The molecule has 0 amide bonds. The van der Waals surface area contributed by atoms with Crippen LogP contribution >= 0.6 is 11.3 Å². The molecule has 0 aliphatic carbocycles. The predicted octanol–water partition coefficient (Wildman–Crippen LogP) is 2.13. The Kier molecular flexibility index (Phi) is 3.56. The fourth-order valence-corrected chi connectivity index (χ4v) is 4.17. The molecule has 0 bridgehead atoms. The van der Waals surface area contributed by atoms with Crippen LogP contribution in [0, 0.1) is 13.8 Å². The molecule has 1 atom stereocenters. The second kappa shape index (κ2) is 4.83. The first-order valence-corrected chi connectivity index (χ1v) is 7.90. The Balaban J connectivity index is 2.28. The number of thiophene rings is 1. The van der Waals surface area contributed by atoms with Gasteiger partial charge < -0.3 is 0 Å². The monoisotopic (exact) mass is 285 g/mol. The first kappa shape index (κ1) is 13.3. The van der Waals surface area contributed by atoms with Gasteiger partial charge in [-0.25, -0.2) is 13.1 Å². The van der Waals surface area contributed by atoms with E-state index in [1.807, 2.05) is 23.8 Å². The molecule has 2 N–H and O–H groups in total. The smallest absolute Gasteiger partial charge is 0.244 e. The molecule has 18 heavy (non-hydrogen) atoms. The maximum absolute atomic E-state index is 12.3. The maximum atomic E-state index is 12.3. The Labute approximate surface area is 110 Å². The minimum absolute atomic E-state index is 0.240. The zero-order valence-electron chi connectivity index (χ0n) is 10.4. The number of hydrogen-bond acceptors (Lipinski definition) is 4. The van der Waals surface area contributed by atoms with Crippen molar-refractivity contribution in [1.29, 1.82) is 0 Å². The molecular weight excluding hydrogens is 270 g/mol. The van der Waals surface area contributed by atoms with Gasteiger partial charge in [0.15, 0.2) is 0 Å². The zero-order valence-corrected chi connectivity index (χ0v) is 12.0. The van der Waals surface area contributed by atoms with Crippen LogP contribution in [0.4, 0.5) is 0 Å². The Bertz CT molecular complexity index is 610. The largest absolute Gasteiger partial charge is 0.281 e. The van der Waals surface area contributed by atoms with Crippen LogP contribution in [0.5, 0.6) is 0 Å².